The molecule has 4 aromatic rings. The van der Waals surface area contributed by atoms with Gasteiger partial charge in [0.2, 0.25) is 5.91 Å². The number of hydrogen-bond acceptors (Lipinski definition) is 2. The quantitative estimate of drug-likeness (QED) is 0.240. The maximum absolute atomic E-state index is 13.7. The zero-order chi connectivity index (χ0) is 26.4. The number of amides is 2. The van der Waals surface area contributed by atoms with Gasteiger partial charge in [0.15, 0.2) is 0 Å². The Morgan fingerprint density at radius 2 is 1.65 bits per heavy atom. The number of benzene rings is 3. The molecule has 7 heteroatoms. The molecule has 0 saturated heterocycles. The molecule has 1 aromatic heterocycles. The minimum absolute atomic E-state index is 0.00968. The monoisotopic (exact) mass is 535 g/mol. The first kappa shape index (κ1) is 26.8. The highest BCUT2D eigenvalue weighted by atomic mass is 35.5. The van der Waals surface area contributed by atoms with Crippen molar-refractivity contribution >= 4 is 45.9 Å². The van der Waals surface area contributed by atoms with Crippen molar-refractivity contribution in [3.8, 4) is 0 Å². The lowest BCUT2D eigenvalue weighted by Gasteiger charge is -2.28. The highest BCUT2D eigenvalue weighted by Crippen LogP contribution is 2.24. The maximum Gasteiger partial charge on any atom is 0.254 e. The van der Waals surface area contributed by atoms with Crippen molar-refractivity contribution in [1.29, 1.82) is 0 Å². The molecule has 1 heterocycles. The van der Waals surface area contributed by atoms with Crippen molar-refractivity contribution in [2.24, 2.45) is 0 Å². The van der Waals surface area contributed by atoms with Gasteiger partial charge in [-0.15, -0.1) is 0 Å². The summed E-state index contributed by atoms with van der Waals surface area (Å²) in [7, 11) is 0. The third kappa shape index (κ3) is 6.73. The van der Waals surface area contributed by atoms with Crippen molar-refractivity contribution in [3.05, 3.63) is 105 Å². The largest absolute Gasteiger partial charge is 0.361 e. The van der Waals surface area contributed by atoms with E-state index in [2.05, 4.69) is 11.1 Å². The van der Waals surface area contributed by atoms with Crippen LogP contribution in [0.1, 0.15) is 40.4 Å². The molecule has 0 bridgehead atoms. The molecule has 0 radical (unpaired) electrons. The van der Waals surface area contributed by atoms with Crippen molar-refractivity contribution in [1.82, 2.24) is 14.8 Å². The number of aryl methyl sites for hydroxylation is 1. The minimum atomic E-state index is -0.138. The Kier molecular flexibility index (Phi) is 8.91. The Balaban J connectivity index is 1.55. The lowest BCUT2D eigenvalue weighted by Crippen LogP contribution is -2.43. The summed E-state index contributed by atoms with van der Waals surface area (Å²) in [5.41, 5.74) is 4.76. The summed E-state index contributed by atoms with van der Waals surface area (Å²) < 4.78 is 0. The number of rotatable bonds is 10. The molecule has 3 aromatic carbocycles. The summed E-state index contributed by atoms with van der Waals surface area (Å²) in [6, 6.07) is 21.0. The highest BCUT2D eigenvalue weighted by molar-refractivity contribution is 6.42. The van der Waals surface area contributed by atoms with Gasteiger partial charge in [0.1, 0.15) is 6.54 Å². The van der Waals surface area contributed by atoms with Gasteiger partial charge >= 0.3 is 0 Å². The Morgan fingerprint density at radius 1 is 0.892 bits per heavy atom. The van der Waals surface area contributed by atoms with Crippen LogP contribution in [0.3, 0.4) is 0 Å². The lowest BCUT2D eigenvalue weighted by molar-refractivity contribution is -0.132. The van der Waals surface area contributed by atoms with Crippen LogP contribution in [0.5, 0.6) is 0 Å². The van der Waals surface area contributed by atoms with E-state index in [1.807, 2.05) is 68.6 Å². The van der Waals surface area contributed by atoms with Crippen LogP contribution >= 0.6 is 23.2 Å². The molecule has 192 valence electrons. The zero-order valence-corrected chi connectivity index (χ0v) is 22.6. The normalized spacial score (nSPS) is 11.0. The second kappa shape index (κ2) is 12.3. The van der Waals surface area contributed by atoms with Gasteiger partial charge in [-0.1, -0.05) is 72.1 Å². The maximum atomic E-state index is 13.7. The number of carbonyl (C=O) groups is 2. The fourth-order valence-corrected chi connectivity index (χ4v) is 4.73. The molecule has 0 atom stereocenters. The number of nitrogens with zero attached hydrogens (tertiary/aromatic N) is 2. The van der Waals surface area contributed by atoms with Gasteiger partial charge in [0, 0.05) is 42.3 Å². The second-order valence-electron chi connectivity index (χ2n) is 9.27. The smallest absolute Gasteiger partial charge is 0.254 e. The molecule has 1 N–H and O–H groups in total. The molecule has 0 fully saturated rings. The average Bonchev–Trinajstić information content (AvgIpc) is 3.31. The number of carbonyl (C=O) groups excluding carboxylic acids is 2. The number of aromatic nitrogens is 1. The van der Waals surface area contributed by atoms with Gasteiger partial charge in [0.05, 0.1) is 10.0 Å². The van der Waals surface area contributed by atoms with E-state index in [1.54, 1.807) is 21.9 Å². The number of nitrogens with one attached hydrogen (secondary N) is 1. The Labute approximate surface area is 228 Å². The molecular weight excluding hydrogens is 505 g/mol. The molecule has 0 aliphatic carbocycles. The number of para-hydroxylation sites is 1. The average molecular weight is 537 g/mol. The summed E-state index contributed by atoms with van der Waals surface area (Å²) in [5, 5.41) is 2.07. The summed E-state index contributed by atoms with van der Waals surface area (Å²) in [6.45, 7) is 5.37. The summed E-state index contributed by atoms with van der Waals surface area (Å²) in [6.07, 6.45) is 3.43. The zero-order valence-electron chi connectivity index (χ0n) is 21.1. The molecule has 0 spiro atoms. The Bertz CT molecular complexity index is 1380. The summed E-state index contributed by atoms with van der Waals surface area (Å²) in [4.78, 5) is 33.7. The van der Waals surface area contributed by atoms with E-state index in [1.165, 1.54) is 0 Å². The number of H-pyrrole nitrogens is 1. The SMILES string of the molecule is CCCN(CC(=O)N(CCc1c[nH]c2ccccc12)Cc1ccc(Cl)c(Cl)c1)C(=O)c1ccc(C)cc1. The molecule has 37 heavy (non-hydrogen) atoms. The number of aromatic amines is 1. The van der Waals surface area contributed by atoms with Crippen LogP contribution in [0.25, 0.3) is 10.9 Å². The third-order valence-corrected chi connectivity index (χ3v) is 7.18. The van der Waals surface area contributed by atoms with Crippen LogP contribution < -0.4 is 0 Å². The van der Waals surface area contributed by atoms with Crippen molar-refractivity contribution in [2.45, 2.75) is 33.2 Å². The van der Waals surface area contributed by atoms with E-state index in [0.29, 0.717) is 41.7 Å². The topological polar surface area (TPSA) is 56.4 Å². The molecule has 0 aliphatic rings. The Morgan fingerprint density at radius 3 is 2.38 bits per heavy atom. The van der Waals surface area contributed by atoms with E-state index >= 15 is 0 Å². The molecule has 0 saturated carbocycles. The number of halogens is 2. The molecule has 0 unspecified atom stereocenters. The molecule has 0 aliphatic heterocycles. The fourth-order valence-electron chi connectivity index (χ4n) is 4.41. The van der Waals surface area contributed by atoms with Crippen molar-refractivity contribution < 1.29 is 9.59 Å². The van der Waals surface area contributed by atoms with Gasteiger partial charge in [-0.05, 0) is 61.2 Å². The predicted octanol–water partition coefficient (Wildman–Crippen LogP) is 6.91. The van der Waals surface area contributed by atoms with E-state index in [-0.39, 0.29) is 18.4 Å². The van der Waals surface area contributed by atoms with E-state index in [9.17, 15) is 9.59 Å². The van der Waals surface area contributed by atoms with Gasteiger partial charge in [0.25, 0.3) is 5.91 Å². The third-order valence-electron chi connectivity index (χ3n) is 6.44. The lowest BCUT2D eigenvalue weighted by atomic mass is 10.1. The molecule has 2 amide bonds. The number of hydrogen-bond donors (Lipinski definition) is 1. The molecule has 4 rings (SSSR count). The van der Waals surface area contributed by atoms with Crippen molar-refractivity contribution in [3.63, 3.8) is 0 Å². The van der Waals surface area contributed by atoms with Gasteiger partial charge < -0.3 is 14.8 Å². The van der Waals surface area contributed by atoms with E-state index in [4.69, 9.17) is 23.2 Å². The highest BCUT2D eigenvalue weighted by Gasteiger charge is 2.22. The van der Waals surface area contributed by atoms with Crippen LogP contribution in [0.4, 0.5) is 0 Å². The summed E-state index contributed by atoms with van der Waals surface area (Å²) >= 11 is 12.4. The van der Waals surface area contributed by atoms with E-state index in [0.717, 1.165) is 34.0 Å². The molecule has 5 nitrogen and oxygen atoms in total. The Hall–Kier alpha value is -3.28. The first-order valence-electron chi connectivity index (χ1n) is 12.5. The summed E-state index contributed by atoms with van der Waals surface area (Å²) in [5.74, 6) is -0.249. The van der Waals surface area contributed by atoms with Crippen LogP contribution in [-0.2, 0) is 17.8 Å². The van der Waals surface area contributed by atoms with Gasteiger partial charge in [-0.2, -0.15) is 0 Å². The number of fused-ring (bicyclic) bond motifs is 1. The first-order valence-corrected chi connectivity index (χ1v) is 13.2. The molecular formula is C30H31Cl2N3O2. The van der Waals surface area contributed by atoms with Crippen molar-refractivity contribution in [2.75, 3.05) is 19.6 Å². The fraction of sp³-hybridized carbons (Fsp3) is 0.267. The van der Waals surface area contributed by atoms with Crippen LogP contribution in [-0.4, -0.2) is 46.2 Å². The standard InChI is InChI=1S/C30H31Cl2N3O2/c1-3-15-35(30(37)23-11-8-21(2)9-12-23)20-29(36)34(19-22-10-13-26(31)27(32)17-22)16-14-24-18-33-28-7-5-4-6-25(24)28/h4-13,17-18,33H,3,14-16,19-20H2,1-2H3. The van der Waals surface area contributed by atoms with Gasteiger partial charge in [-0.25, -0.2) is 0 Å². The van der Waals surface area contributed by atoms with Crippen LogP contribution in [0, 0.1) is 6.92 Å². The first-order chi connectivity index (χ1) is 17.9. The van der Waals surface area contributed by atoms with E-state index < -0.39 is 0 Å². The minimum Gasteiger partial charge on any atom is -0.361 e. The predicted molar refractivity (Wildman–Crippen MR) is 151 cm³/mol. The van der Waals surface area contributed by atoms with Crippen LogP contribution in [0.15, 0.2) is 72.9 Å². The van der Waals surface area contributed by atoms with Gasteiger partial charge in [-0.3, -0.25) is 9.59 Å². The van der Waals surface area contributed by atoms with Crippen LogP contribution in [0.2, 0.25) is 10.0 Å². The second-order valence-corrected chi connectivity index (χ2v) is 10.1.